The van der Waals surface area contributed by atoms with Gasteiger partial charge in [0.15, 0.2) is 0 Å². The number of methoxy groups -OCH3 is 1. The molecular formula is C15H19NO3. The molecule has 102 valence electrons. The third-order valence-electron chi connectivity index (χ3n) is 2.69. The van der Waals surface area contributed by atoms with Crippen LogP contribution in [-0.4, -0.2) is 49.3 Å². The van der Waals surface area contributed by atoms with E-state index in [-0.39, 0.29) is 12.5 Å². The monoisotopic (exact) mass is 261 g/mol. The molecule has 1 N–H and O–H groups in total. The first-order valence-electron chi connectivity index (χ1n) is 6.21. The van der Waals surface area contributed by atoms with E-state index in [9.17, 15) is 4.79 Å². The van der Waals surface area contributed by atoms with Crippen molar-refractivity contribution >= 4 is 5.91 Å². The number of nitrogens with zero attached hydrogens (tertiary/aromatic N) is 1. The minimum atomic E-state index is -0.219. The Labute approximate surface area is 114 Å². The maximum Gasteiger partial charge on any atom is 0.255 e. The van der Waals surface area contributed by atoms with Gasteiger partial charge in [-0.1, -0.05) is 24.0 Å². The molecule has 4 heteroatoms. The van der Waals surface area contributed by atoms with E-state index in [0.717, 1.165) is 0 Å². The van der Waals surface area contributed by atoms with Crippen molar-refractivity contribution in [2.75, 3.05) is 33.4 Å². The Morgan fingerprint density at radius 1 is 1.42 bits per heavy atom. The summed E-state index contributed by atoms with van der Waals surface area (Å²) in [6, 6.07) is 7.16. The summed E-state index contributed by atoms with van der Waals surface area (Å²) in [5, 5.41) is 8.74. The molecule has 0 unspecified atom stereocenters. The molecule has 19 heavy (non-hydrogen) atoms. The van der Waals surface area contributed by atoms with Crippen molar-refractivity contribution in [1.82, 2.24) is 4.90 Å². The molecule has 0 spiro atoms. The van der Waals surface area contributed by atoms with Crippen LogP contribution >= 0.6 is 0 Å². The molecule has 0 bridgehead atoms. The van der Waals surface area contributed by atoms with Crippen LogP contribution in [0.25, 0.3) is 0 Å². The molecule has 0 aromatic heterocycles. The number of carbonyl (C=O) groups is 1. The highest BCUT2D eigenvalue weighted by molar-refractivity contribution is 5.96. The zero-order valence-corrected chi connectivity index (χ0v) is 11.3. The second kappa shape index (κ2) is 8.30. The van der Waals surface area contributed by atoms with Gasteiger partial charge in [0.1, 0.15) is 6.61 Å². The minimum Gasteiger partial charge on any atom is -0.384 e. The second-order valence-corrected chi connectivity index (χ2v) is 3.88. The predicted octanol–water partition coefficient (Wildman–Crippen LogP) is 1.14. The minimum absolute atomic E-state index is 0.0672. The summed E-state index contributed by atoms with van der Waals surface area (Å²) in [5.41, 5.74) is 1.19. The van der Waals surface area contributed by atoms with Gasteiger partial charge in [0.25, 0.3) is 5.91 Å². The Morgan fingerprint density at radius 3 is 2.79 bits per heavy atom. The zero-order valence-electron chi connectivity index (χ0n) is 11.3. The average Bonchev–Trinajstić information content (AvgIpc) is 2.46. The van der Waals surface area contributed by atoms with E-state index < -0.39 is 0 Å². The third kappa shape index (κ3) is 4.40. The number of hydrogen-bond acceptors (Lipinski definition) is 3. The molecule has 4 nitrogen and oxygen atoms in total. The lowest BCUT2D eigenvalue weighted by atomic mass is 10.1. The maximum absolute atomic E-state index is 12.4. The first-order valence-corrected chi connectivity index (χ1v) is 6.21. The van der Waals surface area contributed by atoms with E-state index in [1.54, 1.807) is 24.1 Å². The smallest absolute Gasteiger partial charge is 0.255 e. The molecule has 0 radical (unpaired) electrons. The molecule has 0 aliphatic carbocycles. The van der Waals surface area contributed by atoms with Crippen LogP contribution in [0.3, 0.4) is 0 Å². The van der Waals surface area contributed by atoms with Gasteiger partial charge in [0.2, 0.25) is 0 Å². The summed E-state index contributed by atoms with van der Waals surface area (Å²) in [6.07, 6.45) is 0. The fourth-order valence-corrected chi connectivity index (χ4v) is 1.69. The molecule has 1 rings (SSSR count). The van der Waals surface area contributed by atoms with E-state index in [1.165, 1.54) is 0 Å². The Hall–Kier alpha value is -1.83. The lowest BCUT2D eigenvalue weighted by Crippen LogP contribution is -2.34. The van der Waals surface area contributed by atoms with Crippen LogP contribution in [0.15, 0.2) is 24.3 Å². The SMILES string of the molecule is CCN(CCOC)C(=O)c1ccccc1C#CCO. The van der Waals surface area contributed by atoms with Crippen molar-refractivity contribution in [3.05, 3.63) is 35.4 Å². The Morgan fingerprint density at radius 2 is 2.16 bits per heavy atom. The number of hydrogen-bond donors (Lipinski definition) is 1. The average molecular weight is 261 g/mol. The molecule has 0 fully saturated rings. The molecule has 1 aromatic rings. The fraction of sp³-hybridized carbons (Fsp3) is 0.400. The van der Waals surface area contributed by atoms with Crippen molar-refractivity contribution in [3.63, 3.8) is 0 Å². The maximum atomic E-state index is 12.4. The van der Waals surface area contributed by atoms with Crippen LogP contribution in [0.2, 0.25) is 0 Å². The Kier molecular flexibility index (Phi) is 6.65. The molecule has 1 amide bonds. The first-order chi connectivity index (χ1) is 9.24. The summed E-state index contributed by atoms with van der Waals surface area (Å²) in [4.78, 5) is 14.1. The Bertz CT molecular complexity index is 474. The Balaban J connectivity index is 2.97. The topological polar surface area (TPSA) is 49.8 Å². The number of rotatable bonds is 5. The largest absolute Gasteiger partial charge is 0.384 e. The molecule has 0 saturated heterocycles. The highest BCUT2D eigenvalue weighted by Crippen LogP contribution is 2.11. The van der Waals surface area contributed by atoms with Gasteiger partial charge >= 0.3 is 0 Å². The quantitative estimate of drug-likeness (QED) is 0.809. The predicted molar refractivity (Wildman–Crippen MR) is 73.9 cm³/mol. The number of benzene rings is 1. The van der Waals surface area contributed by atoms with Gasteiger partial charge in [0.05, 0.1) is 12.2 Å². The highest BCUT2D eigenvalue weighted by atomic mass is 16.5. The molecular weight excluding hydrogens is 242 g/mol. The molecule has 1 aromatic carbocycles. The van der Waals surface area contributed by atoms with Crippen molar-refractivity contribution in [3.8, 4) is 11.8 Å². The van der Waals surface area contributed by atoms with Crippen molar-refractivity contribution < 1.29 is 14.6 Å². The van der Waals surface area contributed by atoms with Crippen LogP contribution in [0.4, 0.5) is 0 Å². The molecule has 0 atom stereocenters. The number of aliphatic hydroxyl groups is 1. The molecule has 0 heterocycles. The van der Waals surface area contributed by atoms with Crippen molar-refractivity contribution in [1.29, 1.82) is 0 Å². The number of ether oxygens (including phenoxy) is 1. The summed E-state index contributed by atoms with van der Waals surface area (Å²) in [6.45, 7) is 3.38. The lowest BCUT2D eigenvalue weighted by Gasteiger charge is -2.21. The number of amides is 1. The zero-order chi connectivity index (χ0) is 14.1. The summed E-state index contributed by atoms with van der Waals surface area (Å²) < 4.78 is 5.00. The van der Waals surface area contributed by atoms with Crippen LogP contribution < -0.4 is 0 Å². The van der Waals surface area contributed by atoms with Crippen LogP contribution in [0.5, 0.6) is 0 Å². The van der Waals surface area contributed by atoms with Crippen LogP contribution in [0, 0.1) is 11.8 Å². The van der Waals surface area contributed by atoms with Gasteiger partial charge in [0, 0.05) is 25.8 Å². The van der Waals surface area contributed by atoms with Gasteiger partial charge in [-0.15, -0.1) is 0 Å². The fourth-order valence-electron chi connectivity index (χ4n) is 1.69. The van der Waals surface area contributed by atoms with E-state index >= 15 is 0 Å². The van der Waals surface area contributed by atoms with Crippen LogP contribution in [0.1, 0.15) is 22.8 Å². The standard InChI is InChI=1S/C15H19NO3/c1-3-16(10-12-19-2)15(18)14-9-5-4-7-13(14)8-6-11-17/h4-5,7,9,17H,3,10-12H2,1-2H3. The molecule has 0 aliphatic rings. The highest BCUT2D eigenvalue weighted by Gasteiger charge is 2.16. The number of likely N-dealkylation sites (N-methyl/N-ethyl adjacent to an activating group) is 1. The van der Waals surface area contributed by atoms with E-state index in [4.69, 9.17) is 9.84 Å². The van der Waals surface area contributed by atoms with Crippen molar-refractivity contribution in [2.45, 2.75) is 6.92 Å². The number of carbonyl (C=O) groups excluding carboxylic acids is 1. The summed E-state index contributed by atoms with van der Waals surface area (Å²) in [7, 11) is 1.61. The van der Waals surface area contributed by atoms with Crippen molar-refractivity contribution in [2.24, 2.45) is 0 Å². The van der Waals surface area contributed by atoms with Gasteiger partial charge in [-0.3, -0.25) is 4.79 Å². The van der Waals surface area contributed by atoms with E-state index in [2.05, 4.69) is 11.8 Å². The van der Waals surface area contributed by atoms with Gasteiger partial charge in [-0.2, -0.15) is 0 Å². The van der Waals surface area contributed by atoms with Gasteiger partial charge in [-0.05, 0) is 19.1 Å². The lowest BCUT2D eigenvalue weighted by molar-refractivity contribution is 0.0706. The summed E-state index contributed by atoms with van der Waals surface area (Å²) >= 11 is 0. The van der Waals surface area contributed by atoms with Gasteiger partial charge < -0.3 is 14.7 Å². The molecule has 0 aliphatic heterocycles. The van der Waals surface area contributed by atoms with E-state index in [1.807, 2.05) is 19.1 Å². The second-order valence-electron chi connectivity index (χ2n) is 3.88. The number of aliphatic hydroxyl groups excluding tert-OH is 1. The van der Waals surface area contributed by atoms with Crippen LogP contribution in [-0.2, 0) is 4.74 Å². The van der Waals surface area contributed by atoms with Gasteiger partial charge in [-0.25, -0.2) is 0 Å². The molecule has 0 saturated carbocycles. The normalized spacial score (nSPS) is 9.63. The summed E-state index contributed by atoms with van der Waals surface area (Å²) in [5.74, 6) is 5.30. The third-order valence-corrected chi connectivity index (χ3v) is 2.69. The first kappa shape index (κ1) is 15.2. The van der Waals surface area contributed by atoms with E-state index in [0.29, 0.717) is 30.8 Å².